The van der Waals surface area contributed by atoms with Crippen LogP contribution in [-0.4, -0.2) is 29.3 Å². The molecule has 0 aromatic heterocycles. The van der Waals surface area contributed by atoms with Gasteiger partial charge in [0.1, 0.15) is 6.04 Å². The van der Waals surface area contributed by atoms with Crippen molar-refractivity contribution in [2.45, 2.75) is 51.1 Å². The van der Waals surface area contributed by atoms with Crippen LogP contribution in [0.4, 0.5) is 0 Å². The molecule has 5 heteroatoms. The largest absolute Gasteiger partial charge is 0.368 e. The molecule has 0 spiro atoms. The van der Waals surface area contributed by atoms with Crippen molar-refractivity contribution in [3.63, 3.8) is 0 Å². The highest BCUT2D eigenvalue weighted by molar-refractivity contribution is 5.87. The Bertz CT molecular complexity index is 530. The molecular weight excluding hydrogens is 278 g/mol. The van der Waals surface area contributed by atoms with Gasteiger partial charge in [-0.2, -0.15) is 0 Å². The first-order valence-electron chi connectivity index (χ1n) is 7.99. The number of amides is 2. The maximum Gasteiger partial charge on any atom is 0.240 e. The molecule has 0 fully saturated rings. The van der Waals surface area contributed by atoms with E-state index in [0.717, 1.165) is 36.8 Å². The summed E-state index contributed by atoms with van der Waals surface area (Å²) in [5, 5.41) is 0. The van der Waals surface area contributed by atoms with Crippen LogP contribution in [0.2, 0.25) is 0 Å². The minimum atomic E-state index is -0.522. The van der Waals surface area contributed by atoms with E-state index in [1.807, 2.05) is 24.3 Å². The first-order valence-corrected chi connectivity index (χ1v) is 7.99. The Kier molecular flexibility index (Phi) is 5.95. The molecular formula is C17H25N3O2. The van der Waals surface area contributed by atoms with Crippen LogP contribution in [-0.2, 0) is 22.6 Å². The normalized spacial score (nSPS) is 17.1. The summed E-state index contributed by atoms with van der Waals surface area (Å²) in [6, 6.07) is 7.39. The number of hydrogen-bond donors (Lipinski definition) is 2. The highest BCUT2D eigenvalue weighted by atomic mass is 16.2. The molecule has 1 aromatic rings. The molecule has 4 N–H and O–H groups in total. The number of nitrogens with zero attached hydrogens (tertiary/aromatic N) is 1. The molecule has 1 unspecified atom stereocenters. The van der Waals surface area contributed by atoms with Gasteiger partial charge in [0.05, 0.1) is 0 Å². The van der Waals surface area contributed by atoms with Crippen molar-refractivity contribution >= 4 is 11.8 Å². The molecule has 1 aliphatic heterocycles. The van der Waals surface area contributed by atoms with Crippen molar-refractivity contribution in [1.82, 2.24) is 4.90 Å². The molecule has 5 nitrogen and oxygen atoms in total. The van der Waals surface area contributed by atoms with Crippen LogP contribution in [0, 0.1) is 0 Å². The van der Waals surface area contributed by atoms with Crippen molar-refractivity contribution in [3.05, 3.63) is 35.4 Å². The fourth-order valence-corrected chi connectivity index (χ4v) is 2.96. The summed E-state index contributed by atoms with van der Waals surface area (Å²) in [6.07, 6.45) is 4.86. The minimum absolute atomic E-state index is 0.0195. The van der Waals surface area contributed by atoms with E-state index in [4.69, 9.17) is 11.5 Å². The van der Waals surface area contributed by atoms with Gasteiger partial charge in [-0.05, 0) is 30.5 Å². The van der Waals surface area contributed by atoms with Crippen molar-refractivity contribution in [2.24, 2.45) is 11.5 Å². The van der Waals surface area contributed by atoms with Gasteiger partial charge in [0, 0.05) is 19.4 Å². The minimum Gasteiger partial charge on any atom is -0.368 e. The summed E-state index contributed by atoms with van der Waals surface area (Å²) < 4.78 is 0. The molecule has 22 heavy (non-hydrogen) atoms. The van der Waals surface area contributed by atoms with Crippen LogP contribution in [0.15, 0.2) is 24.3 Å². The first-order chi connectivity index (χ1) is 10.6. The number of hydrogen-bond acceptors (Lipinski definition) is 3. The number of unbranched alkanes of at least 4 members (excludes halogenated alkanes) is 3. The number of primary amides is 1. The van der Waals surface area contributed by atoms with Crippen LogP contribution >= 0.6 is 0 Å². The van der Waals surface area contributed by atoms with Gasteiger partial charge in [-0.25, -0.2) is 0 Å². The number of carbonyl (C=O) groups is 2. The lowest BCUT2D eigenvalue weighted by Crippen LogP contribution is -2.51. The Labute approximate surface area is 131 Å². The molecule has 1 aliphatic rings. The van der Waals surface area contributed by atoms with E-state index in [1.165, 1.54) is 0 Å². The fraction of sp³-hybridized carbons (Fsp3) is 0.529. The van der Waals surface area contributed by atoms with Crippen molar-refractivity contribution in [3.8, 4) is 0 Å². The molecule has 120 valence electrons. The molecule has 0 bridgehead atoms. The number of benzene rings is 1. The Morgan fingerprint density at radius 2 is 1.77 bits per heavy atom. The van der Waals surface area contributed by atoms with E-state index in [2.05, 4.69) is 0 Å². The van der Waals surface area contributed by atoms with Crippen LogP contribution in [0.1, 0.15) is 43.2 Å². The van der Waals surface area contributed by atoms with Gasteiger partial charge in [0.2, 0.25) is 11.8 Å². The van der Waals surface area contributed by atoms with E-state index >= 15 is 0 Å². The van der Waals surface area contributed by atoms with Crippen molar-refractivity contribution in [2.75, 3.05) is 6.54 Å². The third kappa shape index (κ3) is 4.07. The molecule has 2 amide bonds. The van der Waals surface area contributed by atoms with Gasteiger partial charge in [-0.1, -0.05) is 37.1 Å². The highest BCUT2D eigenvalue weighted by Crippen LogP contribution is 2.24. The summed E-state index contributed by atoms with van der Waals surface area (Å²) in [7, 11) is 0. The topological polar surface area (TPSA) is 89.4 Å². The second kappa shape index (κ2) is 7.94. The van der Waals surface area contributed by atoms with Gasteiger partial charge in [0.15, 0.2) is 0 Å². The Balaban J connectivity index is 1.98. The average Bonchev–Trinajstić information content (AvgIpc) is 2.53. The molecule has 1 heterocycles. The van der Waals surface area contributed by atoms with E-state index in [9.17, 15) is 9.59 Å². The number of carbonyl (C=O) groups excluding carboxylic acids is 2. The summed E-state index contributed by atoms with van der Waals surface area (Å²) >= 11 is 0. The molecule has 1 atom stereocenters. The monoisotopic (exact) mass is 303 g/mol. The zero-order valence-corrected chi connectivity index (χ0v) is 13.0. The summed E-state index contributed by atoms with van der Waals surface area (Å²) in [6.45, 7) is 1.17. The lowest BCUT2D eigenvalue weighted by molar-refractivity contribution is -0.140. The van der Waals surface area contributed by atoms with Crippen LogP contribution in [0.5, 0.6) is 0 Å². The standard InChI is InChI=1S/C17H25N3O2/c18-10-6-2-1-3-9-16(21)20-12-14-8-5-4-7-13(14)11-15(20)17(19)22/h4-5,7-8,15H,1-3,6,9-12,18H2,(H2,19,22). The smallest absolute Gasteiger partial charge is 0.240 e. The maximum atomic E-state index is 12.4. The third-order valence-corrected chi connectivity index (χ3v) is 4.24. The maximum absolute atomic E-state index is 12.4. The van der Waals surface area contributed by atoms with Crippen molar-refractivity contribution in [1.29, 1.82) is 0 Å². The predicted molar refractivity (Wildman–Crippen MR) is 85.8 cm³/mol. The number of rotatable bonds is 7. The second-order valence-corrected chi connectivity index (χ2v) is 5.87. The molecule has 0 saturated heterocycles. The summed E-state index contributed by atoms with van der Waals surface area (Å²) in [5.41, 5.74) is 13.2. The molecule has 0 radical (unpaired) electrons. The van der Waals surface area contributed by atoms with E-state index in [1.54, 1.807) is 4.90 Å². The lowest BCUT2D eigenvalue weighted by atomic mass is 9.93. The van der Waals surface area contributed by atoms with E-state index in [0.29, 0.717) is 25.9 Å². The van der Waals surface area contributed by atoms with E-state index in [-0.39, 0.29) is 5.91 Å². The predicted octanol–water partition coefficient (Wildman–Crippen LogP) is 1.33. The van der Waals surface area contributed by atoms with Crippen LogP contribution in [0.25, 0.3) is 0 Å². The molecule has 1 aromatic carbocycles. The Morgan fingerprint density at radius 3 is 2.45 bits per heavy atom. The van der Waals surface area contributed by atoms with Gasteiger partial charge in [-0.15, -0.1) is 0 Å². The number of fused-ring (bicyclic) bond motifs is 1. The lowest BCUT2D eigenvalue weighted by Gasteiger charge is -2.35. The zero-order valence-electron chi connectivity index (χ0n) is 13.0. The van der Waals surface area contributed by atoms with Crippen molar-refractivity contribution < 1.29 is 9.59 Å². The van der Waals surface area contributed by atoms with Gasteiger partial charge in [0.25, 0.3) is 0 Å². The highest BCUT2D eigenvalue weighted by Gasteiger charge is 2.32. The zero-order chi connectivity index (χ0) is 15.9. The third-order valence-electron chi connectivity index (χ3n) is 4.24. The molecule has 0 saturated carbocycles. The molecule has 0 aliphatic carbocycles. The van der Waals surface area contributed by atoms with E-state index < -0.39 is 11.9 Å². The quantitative estimate of drug-likeness (QED) is 0.745. The second-order valence-electron chi connectivity index (χ2n) is 5.87. The Hall–Kier alpha value is -1.88. The summed E-state index contributed by atoms with van der Waals surface area (Å²) in [4.78, 5) is 25.8. The fourth-order valence-electron chi connectivity index (χ4n) is 2.96. The average molecular weight is 303 g/mol. The Morgan fingerprint density at radius 1 is 1.09 bits per heavy atom. The summed E-state index contributed by atoms with van der Waals surface area (Å²) in [5.74, 6) is -0.406. The first kappa shape index (κ1) is 16.5. The van der Waals surface area contributed by atoms with Crippen LogP contribution < -0.4 is 11.5 Å². The molecule has 2 rings (SSSR count). The SMILES string of the molecule is NCCCCCCC(=O)N1Cc2ccccc2CC1C(N)=O. The van der Waals surface area contributed by atoms with Gasteiger partial charge >= 0.3 is 0 Å². The van der Waals surface area contributed by atoms with Gasteiger partial charge < -0.3 is 16.4 Å². The van der Waals surface area contributed by atoms with Gasteiger partial charge in [-0.3, -0.25) is 9.59 Å². The number of nitrogens with two attached hydrogens (primary N) is 2. The van der Waals surface area contributed by atoms with Crippen LogP contribution in [0.3, 0.4) is 0 Å².